The lowest BCUT2D eigenvalue weighted by atomic mass is 9.89. The first-order valence-electron chi connectivity index (χ1n) is 9.15. The van der Waals surface area contributed by atoms with Gasteiger partial charge in [-0.2, -0.15) is 0 Å². The number of pyridine rings is 1. The molecule has 0 spiro atoms. The van der Waals surface area contributed by atoms with E-state index in [0.29, 0.717) is 13.0 Å². The molecule has 2 aromatic rings. The molecule has 2 heterocycles. The summed E-state index contributed by atoms with van der Waals surface area (Å²) >= 11 is 0. The smallest absolute Gasteiger partial charge is 0.307 e. The lowest BCUT2D eigenvalue weighted by Crippen LogP contribution is -2.41. The summed E-state index contributed by atoms with van der Waals surface area (Å²) in [5.41, 5.74) is 3.05. The summed E-state index contributed by atoms with van der Waals surface area (Å²) in [4.78, 5) is 18.1. The Morgan fingerprint density at radius 2 is 1.96 bits per heavy atom. The minimum Gasteiger partial charge on any atom is -0.496 e. The molecular weight excluding hydrogens is 344 g/mol. The topological polar surface area (TPSA) is 71.9 Å². The van der Waals surface area contributed by atoms with Crippen molar-refractivity contribution in [1.82, 2.24) is 9.88 Å². The molecule has 0 saturated carbocycles. The predicted molar refractivity (Wildman–Crippen MR) is 102 cm³/mol. The monoisotopic (exact) mass is 370 g/mol. The molecule has 1 aromatic heterocycles. The van der Waals surface area contributed by atoms with Crippen molar-refractivity contribution in [2.45, 2.75) is 25.8 Å². The van der Waals surface area contributed by atoms with Crippen molar-refractivity contribution in [1.29, 1.82) is 0 Å². The van der Waals surface area contributed by atoms with Crippen LogP contribution in [0.1, 0.15) is 35.6 Å². The number of methoxy groups -OCH3 is 2. The van der Waals surface area contributed by atoms with Gasteiger partial charge in [0, 0.05) is 18.9 Å². The van der Waals surface area contributed by atoms with Crippen LogP contribution in [0.3, 0.4) is 0 Å². The van der Waals surface area contributed by atoms with Crippen molar-refractivity contribution < 1.29 is 19.4 Å². The number of carboxylic acids is 1. The van der Waals surface area contributed by atoms with Crippen molar-refractivity contribution in [3.05, 3.63) is 53.3 Å². The van der Waals surface area contributed by atoms with Gasteiger partial charge in [0.1, 0.15) is 11.5 Å². The van der Waals surface area contributed by atoms with E-state index in [1.165, 1.54) is 0 Å². The number of carbonyl (C=O) groups is 1. The normalized spacial score (nSPS) is 18.7. The third-order valence-electron chi connectivity index (χ3n) is 5.26. The van der Waals surface area contributed by atoms with Gasteiger partial charge in [0.05, 0.1) is 31.7 Å². The summed E-state index contributed by atoms with van der Waals surface area (Å²) in [6, 6.07) is 7.56. The maximum Gasteiger partial charge on any atom is 0.307 e. The van der Waals surface area contributed by atoms with Crippen LogP contribution in [0.25, 0.3) is 0 Å². The minimum atomic E-state index is -0.739. The molecule has 6 nitrogen and oxygen atoms in total. The highest BCUT2D eigenvalue weighted by Gasteiger charge is 2.34. The molecular formula is C21H26N2O4. The molecule has 2 atom stereocenters. The largest absolute Gasteiger partial charge is 0.496 e. The summed E-state index contributed by atoms with van der Waals surface area (Å²) in [6.45, 7) is 3.33. The quantitative estimate of drug-likeness (QED) is 0.841. The number of aromatic nitrogens is 1. The fraction of sp³-hybridized carbons (Fsp3) is 0.429. The molecule has 1 N–H and O–H groups in total. The predicted octanol–water partition coefficient (Wildman–Crippen LogP) is 3.29. The van der Waals surface area contributed by atoms with E-state index in [-0.39, 0.29) is 12.0 Å². The molecule has 0 bridgehead atoms. The van der Waals surface area contributed by atoms with Crippen LogP contribution in [-0.4, -0.2) is 48.3 Å². The van der Waals surface area contributed by atoms with Crippen LogP contribution in [0.5, 0.6) is 11.5 Å². The van der Waals surface area contributed by atoms with Gasteiger partial charge in [0.25, 0.3) is 0 Å². The van der Waals surface area contributed by atoms with Crippen molar-refractivity contribution in [3.8, 4) is 11.5 Å². The average molecular weight is 370 g/mol. The highest BCUT2D eigenvalue weighted by molar-refractivity contribution is 5.70. The molecule has 1 fully saturated rings. The number of aliphatic carboxylic acids is 1. The van der Waals surface area contributed by atoms with Gasteiger partial charge < -0.3 is 14.6 Å². The number of nitrogens with zero attached hydrogens (tertiary/aromatic N) is 2. The van der Waals surface area contributed by atoms with Gasteiger partial charge in [-0.3, -0.25) is 14.7 Å². The first-order valence-corrected chi connectivity index (χ1v) is 9.15. The van der Waals surface area contributed by atoms with Gasteiger partial charge in [-0.25, -0.2) is 0 Å². The number of rotatable bonds is 6. The summed E-state index contributed by atoms with van der Waals surface area (Å²) in [7, 11) is 3.29. The van der Waals surface area contributed by atoms with Gasteiger partial charge >= 0.3 is 5.97 Å². The Kier molecular flexibility index (Phi) is 5.96. The molecule has 1 aliphatic rings. The highest BCUT2D eigenvalue weighted by Crippen LogP contribution is 2.42. The maximum absolute atomic E-state index is 11.6. The van der Waals surface area contributed by atoms with Crippen LogP contribution in [0.4, 0.5) is 0 Å². The zero-order chi connectivity index (χ0) is 19.4. The van der Waals surface area contributed by atoms with E-state index in [1.807, 2.05) is 37.4 Å². The van der Waals surface area contributed by atoms with Crippen LogP contribution in [0.2, 0.25) is 0 Å². The Morgan fingerprint density at radius 1 is 1.26 bits per heavy atom. The van der Waals surface area contributed by atoms with Crippen molar-refractivity contribution in [3.63, 3.8) is 0 Å². The molecule has 0 amide bonds. The number of piperidine rings is 1. The van der Waals surface area contributed by atoms with E-state index in [9.17, 15) is 9.90 Å². The zero-order valence-corrected chi connectivity index (χ0v) is 16.0. The van der Waals surface area contributed by atoms with Crippen LogP contribution >= 0.6 is 0 Å². The number of hydrogen-bond donors (Lipinski definition) is 1. The van der Waals surface area contributed by atoms with Crippen LogP contribution in [0.15, 0.2) is 36.7 Å². The molecule has 0 aliphatic carbocycles. The Balaban J connectivity index is 2.15. The van der Waals surface area contributed by atoms with Gasteiger partial charge in [0.15, 0.2) is 0 Å². The first-order chi connectivity index (χ1) is 13.1. The molecule has 3 rings (SSSR count). The molecule has 144 valence electrons. The molecule has 2 unspecified atom stereocenters. The summed E-state index contributed by atoms with van der Waals surface area (Å²) in [5, 5.41) is 9.55. The number of aryl methyl sites for hydroxylation is 1. The van der Waals surface area contributed by atoms with Gasteiger partial charge in [-0.05, 0) is 55.6 Å². The Labute approximate surface area is 159 Å². The Morgan fingerprint density at radius 3 is 2.56 bits per heavy atom. The molecule has 1 aliphatic heterocycles. The van der Waals surface area contributed by atoms with Crippen LogP contribution in [-0.2, 0) is 4.79 Å². The second-order valence-corrected chi connectivity index (χ2v) is 6.88. The highest BCUT2D eigenvalue weighted by atomic mass is 16.5. The fourth-order valence-corrected chi connectivity index (χ4v) is 3.92. The van der Waals surface area contributed by atoms with Gasteiger partial charge in [-0.1, -0.05) is 6.07 Å². The second-order valence-electron chi connectivity index (χ2n) is 6.88. The summed E-state index contributed by atoms with van der Waals surface area (Å²) < 4.78 is 11.3. The number of likely N-dealkylation sites (tertiary alicyclic amines) is 1. The summed E-state index contributed by atoms with van der Waals surface area (Å²) in [5.74, 6) is 0.349. The SMILES string of the molecule is COc1cccc(OC)c1C(c1ccncc1C)N1CCCC(C(=O)O)C1. The summed E-state index contributed by atoms with van der Waals surface area (Å²) in [6.07, 6.45) is 5.16. The lowest BCUT2D eigenvalue weighted by molar-refractivity contribution is -0.143. The van der Waals surface area contributed by atoms with E-state index in [4.69, 9.17) is 9.47 Å². The average Bonchev–Trinajstić information content (AvgIpc) is 2.70. The number of hydrogen-bond acceptors (Lipinski definition) is 5. The molecule has 1 saturated heterocycles. The molecule has 6 heteroatoms. The number of ether oxygens (including phenoxy) is 2. The second kappa shape index (κ2) is 8.39. The lowest BCUT2D eigenvalue weighted by Gasteiger charge is -2.39. The third kappa shape index (κ3) is 3.90. The molecule has 0 radical (unpaired) electrons. The molecule has 27 heavy (non-hydrogen) atoms. The van der Waals surface area contributed by atoms with Crippen molar-refractivity contribution in [2.75, 3.05) is 27.3 Å². The van der Waals surface area contributed by atoms with Gasteiger partial charge in [0.2, 0.25) is 0 Å². The number of benzene rings is 1. The van der Waals surface area contributed by atoms with Crippen molar-refractivity contribution in [2.24, 2.45) is 5.92 Å². The standard InChI is InChI=1S/C21H26N2O4/c1-14-12-22-10-9-16(14)20(23-11-5-6-15(13-23)21(24)25)19-17(26-2)7-4-8-18(19)27-3/h4,7-10,12,15,20H,5-6,11,13H2,1-3H3,(H,24,25). The van der Waals surface area contributed by atoms with E-state index in [2.05, 4.69) is 9.88 Å². The maximum atomic E-state index is 11.6. The number of carboxylic acid groups (broad SMARTS) is 1. The zero-order valence-electron chi connectivity index (χ0n) is 16.0. The minimum absolute atomic E-state index is 0.166. The third-order valence-corrected chi connectivity index (χ3v) is 5.26. The fourth-order valence-electron chi connectivity index (χ4n) is 3.92. The van der Waals surface area contributed by atoms with E-state index in [0.717, 1.165) is 41.2 Å². The van der Waals surface area contributed by atoms with Gasteiger partial charge in [-0.15, -0.1) is 0 Å². The van der Waals surface area contributed by atoms with Crippen LogP contribution < -0.4 is 9.47 Å². The first kappa shape index (κ1) is 19.2. The molecule has 1 aromatic carbocycles. The Bertz CT molecular complexity index is 786. The Hall–Kier alpha value is -2.60. The van der Waals surface area contributed by atoms with Crippen molar-refractivity contribution >= 4 is 5.97 Å². The van der Waals surface area contributed by atoms with E-state index < -0.39 is 5.97 Å². The van der Waals surface area contributed by atoms with E-state index >= 15 is 0 Å². The van der Waals surface area contributed by atoms with E-state index in [1.54, 1.807) is 20.4 Å². The van der Waals surface area contributed by atoms with Crippen LogP contribution in [0, 0.1) is 12.8 Å².